The molecule has 0 radical (unpaired) electrons. The number of hydrogen-bond acceptors (Lipinski definition) is 4. The smallest absolute Gasteiger partial charge is 0.325 e. The summed E-state index contributed by atoms with van der Waals surface area (Å²) >= 11 is 0. The summed E-state index contributed by atoms with van der Waals surface area (Å²) in [7, 11) is -4.59. The minimum atomic E-state index is -4.59. The Kier molecular flexibility index (Phi) is 2.15. The molecule has 64 valence electrons. The maximum atomic E-state index is 10.7. The van der Waals surface area contributed by atoms with Gasteiger partial charge in [0.15, 0.2) is 0 Å². The highest BCUT2D eigenvalue weighted by atomic mass is 32.3. The third kappa shape index (κ3) is 2.47. The van der Waals surface area contributed by atoms with E-state index in [1.165, 1.54) is 0 Å². The highest BCUT2D eigenvalue weighted by Gasteiger charge is 2.29. The lowest BCUT2D eigenvalue weighted by Crippen LogP contribution is -2.26. The van der Waals surface area contributed by atoms with Gasteiger partial charge in [-0.1, -0.05) is 6.42 Å². The molecule has 11 heavy (non-hydrogen) atoms. The lowest BCUT2D eigenvalue weighted by atomic mass is 9.86. The molecule has 1 fully saturated rings. The van der Waals surface area contributed by atoms with E-state index >= 15 is 0 Å². The van der Waals surface area contributed by atoms with E-state index in [1.807, 2.05) is 0 Å². The highest BCUT2D eigenvalue weighted by molar-refractivity contribution is 7.81. The maximum Gasteiger partial charge on any atom is 0.448 e. The molecule has 0 bridgehead atoms. The third-order valence-corrected chi connectivity index (χ3v) is 2.00. The molecule has 0 atom stereocenters. The van der Waals surface area contributed by atoms with Gasteiger partial charge in [-0.2, -0.15) is 8.42 Å². The van der Waals surface area contributed by atoms with Crippen molar-refractivity contribution in [2.24, 2.45) is 5.92 Å². The predicted octanol–water partition coefficient (Wildman–Crippen LogP) is 0.132. The third-order valence-electron chi connectivity index (χ3n) is 1.63. The van der Waals surface area contributed by atoms with E-state index in [1.54, 1.807) is 0 Å². The summed E-state index contributed by atoms with van der Waals surface area (Å²) in [6.45, 7) is 0. The quantitative estimate of drug-likeness (QED) is 0.611. The fourth-order valence-electron chi connectivity index (χ4n) is 0.816. The lowest BCUT2D eigenvalue weighted by molar-refractivity contribution is -0.141. The molecule has 0 saturated heterocycles. The van der Waals surface area contributed by atoms with Gasteiger partial charge in [0.05, 0.1) is 5.92 Å². The second kappa shape index (κ2) is 2.78. The summed E-state index contributed by atoms with van der Waals surface area (Å²) in [5.41, 5.74) is 0. The number of rotatable bonds is 2. The van der Waals surface area contributed by atoms with Gasteiger partial charge in [-0.05, 0) is 12.8 Å². The average Bonchev–Trinajstić information content (AvgIpc) is 1.50. The van der Waals surface area contributed by atoms with Crippen molar-refractivity contribution < 1.29 is 21.9 Å². The van der Waals surface area contributed by atoms with Crippen LogP contribution in [0.2, 0.25) is 0 Å². The molecule has 0 aromatic rings. The van der Waals surface area contributed by atoms with Gasteiger partial charge >= 0.3 is 16.4 Å². The van der Waals surface area contributed by atoms with Crippen LogP contribution < -0.4 is 0 Å². The van der Waals surface area contributed by atoms with Crippen LogP contribution >= 0.6 is 0 Å². The summed E-state index contributed by atoms with van der Waals surface area (Å²) in [6, 6.07) is 0. The Bertz CT molecular complexity index is 250. The first-order valence-electron chi connectivity index (χ1n) is 3.20. The fraction of sp³-hybridized carbons (Fsp3) is 0.800. The van der Waals surface area contributed by atoms with Crippen molar-refractivity contribution >= 4 is 16.4 Å². The van der Waals surface area contributed by atoms with Crippen LogP contribution in [0.25, 0.3) is 0 Å². The second-order valence-corrected chi connectivity index (χ2v) is 3.48. The minimum absolute atomic E-state index is 0.336. The first kappa shape index (κ1) is 8.48. The van der Waals surface area contributed by atoms with Gasteiger partial charge in [0.25, 0.3) is 0 Å². The number of carbonyl (C=O) groups excluding carboxylic acids is 1. The molecule has 0 unspecified atom stereocenters. The normalized spacial score (nSPS) is 19.0. The van der Waals surface area contributed by atoms with Gasteiger partial charge in [0.1, 0.15) is 0 Å². The predicted molar refractivity (Wildman–Crippen MR) is 35.0 cm³/mol. The van der Waals surface area contributed by atoms with E-state index in [0.29, 0.717) is 12.8 Å². The van der Waals surface area contributed by atoms with E-state index in [-0.39, 0.29) is 5.92 Å². The van der Waals surface area contributed by atoms with Crippen molar-refractivity contribution in [2.75, 3.05) is 0 Å². The lowest BCUT2D eigenvalue weighted by Gasteiger charge is -2.21. The van der Waals surface area contributed by atoms with Crippen molar-refractivity contribution in [2.45, 2.75) is 19.3 Å². The van der Waals surface area contributed by atoms with Crippen LogP contribution in [0.3, 0.4) is 0 Å². The second-order valence-electron chi connectivity index (χ2n) is 2.46. The first-order valence-corrected chi connectivity index (χ1v) is 4.56. The van der Waals surface area contributed by atoms with Crippen molar-refractivity contribution in [1.29, 1.82) is 0 Å². The average molecular weight is 180 g/mol. The first-order chi connectivity index (χ1) is 4.99. The molecule has 1 N–H and O–H groups in total. The van der Waals surface area contributed by atoms with Crippen LogP contribution in [0.4, 0.5) is 0 Å². The number of hydrogen-bond donors (Lipinski definition) is 1. The largest absolute Gasteiger partial charge is 0.448 e. The standard InChI is InChI=1S/C5H8O5S/c6-5(4-2-1-3-4)10-11(7,8)9/h4H,1-3H2,(H,7,8,9). The van der Waals surface area contributed by atoms with E-state index in [4.69, 9.17) is 4.55 Å². The van der Waals surface area contributed by atoms with E-state index < -0.39 is 16.4 Å². The molecule has 1 rings (SSSR count). The Hall–Kier alpha value is -0.620. The zero-order chi connectivity index (χ0) is 8.48. The molecule has 0 spiro atoms. The van der Waals surface area contributed by atoms with E-state index in [0.717, 1.165) is 6.42 Å². The monoisotopic (exact) mass is 180 g/mol. The summed E-state index contributed by atoms with van der Waals surface area (Å²) in [5, 5.41) is 0. The highest BCUT2D eigenvalue weighted by Crippen LogP contribution is 2.27. The van der Waals surface area contributed by atoms with Crippen molar-refractivity contribution in [3.05, 3.63) is 0 Å². The zero-order valence-electron chi connectivity index (χ0n) is 5.69. The van der Waals surface area contributed by atoms with Gasteiger partial charge in [0.2, 0.25) is 0 Å². The molecule has 1 saturated carbocycles. The summed E-state index contributed by atoms with van der Waals surface area (Å²) in [4.78, 5) is 10.7. The molecular weight excluding hydrogens is 172 g/mol. The molecule has 6 heteroatoms. The molecule has 0 aliphatic heterocycles. The zero-order valence-corrected chi connectivity index (χ0v) is 6.50. The molecule has 0 heterocycles. The summed E-state index contributed by atoms with van der Waals surface area (Å²) in [5.74, 6) is -1.18. The van der Waals surface area contributed by atoms with Gasteiger partial charge in [0, 0.05) is 0 Å². The Morgan fingerprint density at radius 3 is 2.27 bits per heavy atom. The van der Waals surface area contributed by atoms with E-state index in [2.05, 4.69) is 4.18 Å². The molecule has 0 amide bonds. The molecule has 0 aromatic heterocycles. The Morgan fingerprint density at radius 1 is 1.45 bits per heavy atom. The van der Waals surface area contributed by atoms with Gasteiger partial charge in [-0.3, -0.25) is 9.35 Å². The molecule has 1 aliphatic carbocycles. The molecular formula is C5H8O5S. The van der Waals surface area contributed by atoms with Crippen LogP contribution in [0.5, 0.6) is 0 Å². The van der Waals surface area contributed by atoms with E-state index in [9.17, 15) is 13.2 Å². The van der Waals surface area contributed by atoms with Crippen molar-refractivity contribution in [1.82, 2.24) is 0 Å². The van der Waals surface area contributed by atoms with Gasteiger partial charge in [-0.25, -0.2) is 0 Å². The molecule has 5 nitrogen and oxygen atoms in total. The van der Waals surface area contributed by atoms with Crippen LogP contribution in [0, 0.1) is 5.92 Å². The maximum absolute atomic E-state index is 10.7. The SMILES string of the molecule is O=C(OS(=O)(=O)O)C1CCC1. The minimum Gasteiger partial charge on any atom is -0.325 e. The van der Waals surface area contributed by atoms with Crippen LogP contribution in [-0.4, -0.2) is 18.9 Å². The Balaban J connectivity index is 2.43. The van der Waals surface area contributed by atoms with Crippen molar-refractivity contribution in [3.63, 3.8) is 0 Å². The van der Waals surface area contributed by atoms with Crippen molar-refractivity contribution in [3.8, 4) is 0 Å². The van der Waals surface area contributed by atoms with Gasteiger partial charge < -0.3 is 4.18 Å². The fourth-order valence-corrected chi connectivity index (χ4v) is 1.16. The summed E-state index contributed by atoms with van der Waals surface area (Å²) < 4.78 is 31.8. The number of carbonyl (C=O) groups is 1. The topological polar surface area (TPSA) is 80.7 Å². The van der Waals surface area contributed by atoms with Gasteiger partial charge in [-0.15, -0.1) is 0 Å². The Morgan fingerprint density at radius 2 is 2.00 bits per heavy atom. The Labute approximate surface area is 64.3 Å². The molecule has 0 aromatic carbocycles. The van der Waals surface area contributed by atoms with Crippen LogP contribution in [0.1, 0.15) is 19.3 Å². The van der Waals surface area contributed by atoms with Crippen LogP contribution in [-0.2, 0) is 19.4 Å². The summed E-state index contributed by atoms with van der Waals surface area (Å²) in [6.07, 6.45) is 2.20. The van der Waals surface area contributed by atoms with Crippen LogP contribution in [0.15, 0.2) is 0 Å². The molecule has 1 aliphatic rings.